The standard InChI is InChI=1S/C10H12N2O/c13-7-3-4-9-8-11-10-5-1-2-6-12(9)10/h1-2,5-6,8,13H,3-4,7H2. The molecule has 13 heavy (non-hydrogen) atoms. The van der Waals surface area contributed by atoms with Gasteiger partial charge in [0.15, 0.2) is 0 Å². The lowest BCUT2D eigenvalue weighted by Crippen LogP contribution is -1.94. The fourth-order valence-corrected chi connectivity index (χ4v) is 1.43. The van der Waals surface area contributed by atoms with Crippen LogP contribution in [0.15, 0.2) is 30.6 Å². The summed E-state index contributed by atoms with van der Waals surface area (Å²) >= 11 is 0. The van der Waals surface area contributed by atoms with Crippen molar-refractivity contribution in [2.75, 3.05) is 6.61 Å². The maximum absolute atomic E-state index is 8.71. The highest BCUT2D eigenvalue weighted by Gasteiger charge is 2.00. The summed E-state index contributed by atoms with van der Waals surface area (Å²) in [7, 11) is 0. The maximum atomic E-state index is 8.71. The molecule has 2 rings (SSSR count). The summed E-state index contributed by atoms with van der Waals surface area (Å²) in [6.45, 7) is 0.236. The van der Waals surface area contributed by atoms with Gasteiger partial charge in [0.25, 0.3) is 0 Å². The molecule has 0 saturated heterocycles. The minimum Gasteiger partial charge on any atom is -0.396 e. The molecule has 0 saturated carbocycles. The van der Waals surface area contributed by atoms with E-state index in [2.05, 4.69) is 9.38 Å². The van der Waals surface area contributed by atoms with Crippen LogP contribution in [-0.4, -0.2) is 21.1 Å². The van der Waals surface area contributed by atoms with E-state index in [9.17, 15) is 0 Å². The Kier molecular flexibility index (Phi) is 2.27. The number of imidazole rings is 1. The van der Waals surface area contributed by atoms with E-state index in [-0.39, 0.29) is 6.61 Å². The third-order valence-electron chi connectivity index (χ3n) is 2.08. The van der Waals surface area contributed by atoms with E-state index in [1.54, 1.807) is 0 Å². The van der Waals surface area contributed by atoms with Crippen LogP contribution < -0.4 is 0 Å². The zero-order chi connectivity index (χ0) is 9.10. The summed E-state index contributed by atoms with van der Waals surface area (Å²) in [5, 5.41) is 8.71. The van der Waals surface area contributed by atoms with Gasteiger partial charge in [0, 0.05) is 24.7 Å². The Hall–Kier alpha value is -1.35. The summed E-state index contributed by atoms with van der Waals surface area (Å²) in [5.41, 5.74) is 2.13. The van der Waals surface area contributed by atoms with Gasteiger partial charge in [0.1, 0.15) is 5.65 Å². The summed E-state index contributed by atoms with van der Waals surface area (Å²) in [6.07, 6.45) is 5.53. The number of pyridine rings is 1. The SMILES string of the molecule is OCCCc1cnc2ccccn12. The van der Waals surface area contributed by atoms with Crippen molar-refractivity contribution in [1.82, 2.24) is 9.38 Å². The average molecular weight is 176 g/mol. The smallest absolute Gasteiger partial charge is 0.136 e. The van der Waals surface area contributed by atoms with Gasteiger partial charge in [-0.1, -0.05) is 6.07 Å². The Balaban J connectivity index is 2.35. The van der Waals surface area contributed by atoms with E-state index < -0.39 is 0 Å². The van der Waals surface area contributed by atoms with E-state index >= 15 is 0 Å². The van der Waals surface area contributed by atoms with Crippen LogP contribution in [-0.2, 0) is 6.42 Å². The minimum absolute atomic E-state index is 0.236. The maximum Gasteiger partial charge on any atom is 0.136 e. The van der Waals surface area contributed by atoms with Gasteiger partial charge in [0.05, 0.1) is 0 Å². The van der Waals surface area contributed by atoms with Crippen molar-refractivity contribution in [2.45, 2.75) is 12.8 Å². The lowest BCUT2D eigenvalue weighted by atomic mass is 10.2. The molecule has 3 heteroatoms. The molecular weight excluding hydrogens is 164 g/mol. The molecule has 0 fully saturated rings. The zero-order valence-electron chi connectivity index (χ0n) is 7.35. The second-order valence-corrected chi connectivity index (χ2v) is 3.01. The molecule has 0 aliphatic rings. The molecule has 0 amide bonds. The van der Waals surface area contributed by atoms with Gasteiger partial charge in [-0.25, -0.2) is 4.98 Å². The number of aryl methyl sites for hydroxylation is 1. The topological polar surface area (TPSA) is 37.5 Å². The first-order chi connectivity index (χ1) is 6.42. The number of hydrogen-bond donors (Lipinski definition) is 1. The number of aliphatic hydroxyl groups excluding tert-OH is 1. The zero-order valence-corrected chi connectivity index (χ0v) is 7.35. The van der Waals surface area contributed by atoms with Gasteiger partial charge in [0.2, 0.25) is 0 Å². The molecule has 0 aromatic carbocycles. The largest absolute Gasteiger partial charge is 0.396 e. The molecule has 0 bridgehead atoms. The molecule has 68 valence electrons. The van der Waals surface area contributed by atoms with Gasteiger partial charge in [-0.3, -0.25) is 0 Å². The van der Waals surface area contributed by atoms with E-state index in [0.29, 0.717) is 0 Å². The average Bonchev–Trinajstić information content (AvgIpc) is 2.58. The highest BCUT2D eigenvalue weighted by atomic mass is 16.2. The van der Waals surface area contributed by atoms with Crippen LogP contribution in [0.3, 0.4) is 0 Å². The van der Waals surface area contributed by atoms with Crippen molar-refractivity contribution in [3.05, 3.63) is 36.3 Å². The van der Waals surface area contributed by atoms with Crippen LogP contribution >= 0.6 is 0 Å². The van der Waals surface area contributed by atoms with Gasteiger partial charge < -0.3 is 9.51 Å². The van der Waals surface area contributed by atoms with Crippen molar-refractivity contribution in [3.8, 4) is 0 Å². The predicted molar refractivity (Wildman–Crippen MR) is 50.6 cm³/mol. The molecule has 0 aliphatic carbocycles. The van der Waals surface area contributed by atoms with Gasteiger partial charge in [-0.15, -0.1) is 0 Å². The highest BCUT2D eigenvalue weighted by Crippen LogP contribution is 2.07. The second-order valence-electron chi connectivity index (χ2n) is 3.01. The highest BCUT2D eigenvalue weighted by molar-refractivity contribution is 5.39. The normalized spacial score (nSPS) is 10.8. The molecule has 1 N–H and O–H groups in total. The third-order valence-corrected chi connectivity index (χ3v) is 2.08. The van der Waals surface area contributed by atoms with E-state index in [1.807, 2.05) is 30.6 Å². The van der Waals surface area contributed by atoms with Crippen molar-refractivity contribution in [2.24, 2.45) is 0 Å². The Morgan fingerprint density at radius 2 is 2.31 bits per heavy atom. The lowest BCUT2D eigenvalue weighted by molar-refractivity contribution is 0.288. The Labute approximate surface area is 76.7 Å². The number of fused-ring (bicyclic) bond motifs is 1. The van der Waals surface area contributed by atoms with Crippen molar-refractivity contribution >= 4 is 5.65 Å². The number of rotatable bonds is 3. The fraction of sp³-hybridized carbons (Fsp3) is 0.300. The number of aromatic nitrogens is 2. The van der Waals surface area contributed by atoms with Crippen LogP contribution in [0.2, 0.25) is 0 Å². The third kappa shape index (κ3) is 1.55. The molecule has 0 atom stereocenters. The Morgan fingerprint density at radius 1 is 1.38 bits per heavy atom. The van der Waals surface area contributed by atoms with Gasteiger partial charge >= 0.3 is 0 Å². The second kappa shape index (κ2) is 3.58. The monoisotopic (exact) mass is 176 g/mol. The Morgan fingerprint density at radius 3 is 3.15 bits per heavy atom. The summed E-state index contributed by atoms with van der Waals surface area (Å²) in [6, 6.07) is 5.93. The van der Waals surface area contributed by atoms with Crippen LogP contribution in [0.5, 0.6) is 0 Å². The summed E-state index contributed by atoms with van der Waals surface area (Å²) < 4.78 is 2.05. The molecular formula is C10H12N2O. The van der Waals surface area contributed by atoms with Crippen molar-refractivity contribution in [3.63, 3.8) is 0 Å². The van der Waals surface area contributed by atoms with Gasteiger partial charge in [-0.2, -0.15) is 0 Å². The van der Waals surface area contributed by atoms with Gasteiger partial charge in [-0.05, 0) is 25.0 Å². The van der Waals surface area contributed by atoms with E-state index in [4.69, 9.17) is 5.11 Å². The molecule has 2 aromatic rings. The predicted octanol–water partition coefficient (Wildman–Crippen LogP) is 1.26. The first-order valence-corrected chi connectivity index (χ1v) is 4.43. The number of hydrogen-bond acceptors (Lipinski definition) is 2. The Bertz CT molecular complexity index is 394. The number of nitrogens with zero attached hydrogens (tertiary/aromatic N) is 2. The van der Waals surface area contributed by atoms with Crippen LogP contribution in [0.1, 0.15) is 12.1 Å². The molecule has 2 heterocycles. The fourth-order valence-electron chi connectivity index (χ4n) is 1.43. The quantitative estimate of drug-likeness (QED) is 0.764. The summed E-state index contributed by atoms with van der Waals surface area (Å²) in [5.74, 6) is 0. The van der Waals surface area contributed by atoms with Crippen LogP contribution in [0, 0.1) is 0 Å². The molecule has 0 spiro atoms. The van der Waals surface area contributed by atoms with Crippen molar-refractivity contribution < 1.29 is 5.11 Å². The van der Waals surface area contributed by atoms with Crippen LogP contribution in [0.25, 0.3) is 5.65 Å². The molecule has 3 nitrogen and oxygen atoms in total. The minimum atomic E-state index is 0.236. The van der Waals surface area contributed by atoms with E-state index in [1.165, 1.54) is 0 Å². The number of aliphatic hydroxyl groups is 1. The van der Waals surface area contributed by atoms with Crippen LogP contribution in [0.4, 0.5) is 0 Å². The van der Waals surface area contributed by atoms with E-state index in [0.717, 1.165) is 24.2 Å². The van der Waals surface area contributed by atoms with Crippen molar-refractivity contribution in [1.29, 1.82) is 0 Å². The molecule has 0 unspecified atom stereocenters. The first kappa shape index (κ1) is 8.26. The summed E-state index contributed by atoms with van der Waals surface area (Å²) in [4.78, 5) is 4.25. The lowest BCUT2D eigenvalue weighted by Gasteiger charge is -1.98. The molecule has 0 radical (unpaired) electrons. The molecule has 0 aliphatic heterocycles. The molecule has 2 aromatic heterocycles. The first-order valence-electron chi connectivity index (χ1n) is 4.43.